The summed E-state index contributed by atoms with van der Waals surface area (Å²) >= 11 is 4.57. The molecule has 1 N–H and O–H groups in total. The van der Waals surface area contributed by atoms with E-state index < -0.39 is 5.91 Å². The Kier molecular flexibility index (Phi) is 6.53. The van der Waals surface area contributed by atoms with Crippen LogP contribution >= 0.6 is 27.7 Å². The number of carbonyl (C=O) groups is 2. The number of hydrogen-bond acceptors (Lipinski definition) is 5. The van der Waals surface area contributed by atoms with E-state index in [0.29, 0.717) is 33.0 Å². The van der Waals surface area contributed by atoms with Gasteiger partial charge < -0.3 is 14.8 Å². The zero-order valence-corrected chi connectivity index (χ0v) is 17.6. The number of amides is 2. The van der Waals surface area contributed by atoms with Crippen LogP contribution in [0.15, 0.2) is 56.8 Å². The van der Waals surface area contributed by atoms with E-state index in [2.05, 4.69) is 26.2 Å². The van der Waals surface area contributed by atoms with Crippen LogP contribution < -0.4 is 14.8 Å². The summed E-state index contributed by atoms with van der Waals surface area (Å²) in [5, 5.41) is 2.87. The maximum atomic E-state index is 12.3. The number of hydrogen-bond donors (Lipinski definition) is 1. The van der Waals surface area contributed by atoms with Crippen molar-refractivity contribution < 1.29 is 19.1 Å². The zero-order chi connectivity index (χ0) is 20.1. The number of rotatable bonds is 5. The number of ether oxygens (including phenoxy) is 2. The highest BCUT2D eigenvalue weighted by Crippen LogP contribution is 2.38. The van der Waals surface area contributed by atoms with Gasteiger partial charge in [0.2, 0.25) is 0 Å². The summed E-state index contributed by atoms with van der Waals surface area (Å²) in [7, 11) is 1.56. The second kappa shape index (κ2) is 9.07. The molecule has 1 heterocycles. The summed E-state index contributed by atoms with van der Waals surface area (Å²) in [6, 6.07) is 12.3. The van der Waals surface area contributed by atoms with Gasteiger partial charge in [-0.05, 0) is 70.5 Å². The van der Waals surface area contributed by atoms with E-state index in [0.717, 1.165) is 17.3 Å². The predicted molar refractivity (Wildman–Crippen MR) is 114 cm³/mol. The molecule has 3 rings (SSSR count). The highest BCUT2D eigenvalue weighted by atomic mass is 79.9. The molecule has 0 bridgehead atoms. The van der Waals surface area contributed by atoms with Gasteiger partial charge in [0.25, 0.3) is 11.8 Å². The smallest absolute Gasteiger partial charge is 0.279 e. The van der Waals surface area contributed by atoms with Gasteiger partial charge in [-0.3, -0.25) is 9.59 Å². The van der Waals surface area contributed by atoms with E-state index in [1.54, 1.807) is 43.5 Å². The van der Waals surface area contributed by atoms with Crippen LogP contribution in [0.25, 0.3) is 6.08 Å². The molecule has 0 aromatic heterocycles. The molecule has 0 saturated carbocycles. The van der Waals surface area contributed by atoms with Crippen molar-refractivity contribution in [3.05, 3.63) is 63.0 Å². The molecule has 28 heavy (non-hydrogen) atoms. The van der Waals surface area contributed by atoms with Crippen LogP contribution in [0, 0.1) is 0 Å². The molecule has 2 aromatic carbocycles. The first-order valence-electron chi connectivity index (χ1n) is 8.41. The Hall–Kier alpha value is -2.58. The van der Waals surface area contributed by atoms with Gasteiger partial charge in [-0.2, -0.15) is 4.99 Å². The lowest BCUT2D eigenvalue weighted by Gasteiger charge is -2.12. The summed E-state index contributed by atoms with van der Waals surface area (Å²) in [5.41, 5.74) is 1.21. The van der Waals surface area contributed by atoms with Gasteiger partial charge in [0, 0.05) is 5.56 Å². The molecule has 1 aliphatic rings. The Morgan fingerprint density at radius 3 is 2.71 bits per heavy atom. The molecule has 144 valence electrons. The van der Waals surface area contributed by atoms with Crippen LogP contribution in [0.1, 0.15) is 22.8 Å². The zero-order valence-electron chi connectivity index (χ0n) is 15.2. The third-order valence-corrected chi connectivity index (χ3v) is 5.21. The van der Waals surface area contributed by atoms with E-state index in [-0.39, 0.29) is 11.1 Å². The number of thioether (sulfide) groups is 1. The summed E-state index contributed by atoms with van der Waals surface area (Å²) in [5.74, 6) is 0.441. The van der Waals surface area contributed by atoms with Crippen molar-refractivity contribution in [2.24, 2.45) is 4.99 Å². The molecule has 8 heteroatoms. The molecule has 1 aliphatic heterocycles. The Balaban J connectivity index is 1.85. The Morgan fingerprint density at radius 1 is 1.29 bits per heavy atom. The highest BCUT2D eigenvalue weighted by molar-refractivity contribution is 9.10. The quantitative estimate of drug-likeness (QED) is 0.674. The van der Waals surface area contributed by atoms with Crippen LogP contribution in [0.2, 0.25) is 0 Å². The largest absolute Gasteiger partial charge is 0.492 e. The molecule has 6 nitrogen and oxygen atoms in total. The highest BCUT2D eigenvalue weighted by Gasteiger charge is 2.25. The fourth-order valence-electron chi connectivity index (χ4n) is 2.50. The monoisotopic (exact) mass is 460 g/mol. The molecular weight excluding hydrogens is 444 g/mol. The first-order chi connectivity index (χ1) is 13.5. The number of aliphatic imine (C=N–C) groups is 1. The maximum Gasteiger partial charge on any atom is 0.279 e. The van der Waals surface area contributed by atoms with Crippen LogP contribution in [-0.2, 0) is 4.79 Å². The van der Waals surface area contributed by atoms with Gasteiger partial charge in [-0.15, -0.1) is 0 Å². The Labute approximate surface area is 175 Å². The van der Waals surface area contributed by atoms with Gasteiger partial charge in [0.15, 0.2) is 16.7 Å². The topological polar surface area (TPSA) is 77.0 Å². The van der Waals surface area contributed by atoms with Gasteiger partial charge in [-0.25, -0.2) is 0 Å². The molecule has 0 spiro atoms. The summed E-state index contributed by atoms with van der Waals surface area (Å²) in [6.45, 7) is 2.36. The normalized spacial score (nSPS) is 16.3. The SMILES string of the molecule is CCOc1cc(/C=C2\SC(=NC(=O)c3ccccc3)NC2=O)cc(Br)c1OC. The minimum atomic E-state index is -0.407. The third kappa shape index (κ3) is 4.63. The lowest BCUT2D eigenvalue weighted by molar-refractivity contribution is -0.115. The van der Waals surface area contributed by atoms with Crippen LogP contribution in [-0.4, -0.2) is 30.7 Å². The first kappa shape index (κ1) is 20.2. The third-order valence-electron chi connectivity index (χ3n) is 3.71. The van der Waals surface area contributed by atoms with Crippen molar-refractivity contribution >= 4 is 50.7 Å². The fraction of sp³-hybridized carbons (Fsp3) is 0.150. The van der Waals surface area contributed by atoms with Crippen LogP contribution in [0.3, 0.4) is 0 Å². The maximum absolute atomic E-state index is 12.3. The predicted octanol–water partition coefficient (Wildman–Crippen LogP) is 4.26. The molecule has 0 aliphatic carbocycles. The van der Waals surface area contributed by atoms with Crippen molar-refractivity contribution in [2.75, 3.05) is 13.7 Å². The number of halogens is 1. The summed E-state index contributed by atoms with van der Waals surface area (Å²) in [6.07, 6.45) is 1.71. The summed E-state index contributed by atoms with van der Waals surface area (Å²) in [4.78, 5) is 28.9. The Bertz CT molecular complexity index is 974. The molecule has 2 amide bonds. The number of carbonyl (C=O) groups excluding carboxylic acids is 2. The number of nitrogens with one attached hydrogen (secondary N) is 1. The molecule has 0 atom stereocenters. The van der Waals surface area contributed by atoms with Crippen LogP contribution in [0.5, 0.6) is 11.5 Å². The lowest BCUT2D eigenvalue weighted by Crippen LogP contribution is -2.20. The number of benzene rings is 2. The number of methoxy groups -OCH3 is 1. The van der Waals surface area contributed by atoms with Gasteiger partial charge in [0.05, 0.1) is 23.1 Å². The molecule has 2 aromatic rings. The lowest BCUT2D eigenvalue weighted by atomic mass is 10.2. The molecule has 1 fully saturated rings. The average Bonchev–Trinajstić information content (AvgIpc) is 3.01. The van der Waals surface area contributed by atoms with Crippen molar-refractivity contribution in [3.8, 4) is 11.5 Å². The Morgan fingerprint density at radius 2 is 2.04 bits per heavy atom. The van der Waals surface area contributed by atoms with Crippen molar-refractivity contribution in [2.45, 2.75) is 6.92 Å². The molecule has 0 unspecified atom stereocenters. The van der Waals surface area contributed by atoms with Crippen LogP contribution in [0.4, 0.5) is 0 Å². The van der Waals surface area contributed by atoms with Gasteiger partial charge in [0.1, 0.15) is 0 Å². The van der Waals surface area contributed by atoms with E-state index in [9.17, 15) is 9.59 Å². The standard InChI is InChI=1S/C20H17BrN2O4S/c1-3-27-15-10-12(9-14(21)17(15)26-2)11-16-19(25)23-20(28-16)22-18(24)13-7-5-4-6-8-13/h4-11H,3H2,1-2H3,(H,22,23,24,25)/b16-11-. The number of nitrogens with zero attached hydrogens (tertiary/aromatic N) is 1. The molecule has 0 radical (unpaired) electrons. The van der Waals surface area contributed by atoms with Crippen molar-refractivity contribution in [1.29, 1.82) is 0 Å². The minimum absolute atomic E-state index is 0.253. The average molecular weight is 461 g/mol. The fourth-order valence-corrected chi connectivity index (χ4v) is 3.94. The van der Waals surface area contributed by atoms with E-state index >= 15 is 0 Å². The van der Waals surface area contributed by atoms with E-state index in [1.165, 1.54) is 0 Å². The van der Waals surface area contributed by atoms with Crippen molar-refractivity contribution in [1.82, 2.24) is 5.32 Å². The van der Waals surface area contributed by atoms with E-state index in [4.69, 9.17) is 9.47 Å². The van der Waals surface area contributed by atoms with Gasteiger partial charge in [-0.1, -0.05) is 18.2 Å². The second-order valence-electron chi connectivity index (χ2n) is 5.62. The van der Waals surface area contributed by atoms with Gasteiger partial charge >= 0.3 is 0 Å². The molecule has 1 saturated heterocycles. The first-order valence-corrected chi connectivity index (χ1v) is 10.0. The molecular formula is C20H17BrN2O4S. The van der Waals surface area contributed by atoms with Crippen molar-refractivity contribution in [3.63, 3.8) is 0 Å². The summed E-state index contributed by atoms with van der Waals surface area (Å²) < 4.78 is 11.7. The number of amidine groups is 1. The minimum Gasteiger partial charge on any atom is -0.492 e. The van der Waals surface area contributed by atoms with E-state index in [1.807, 2.05) is 19.1 Å². The second-order valence-corrected chi connectivity index (χ2v) is 7.51.